The summed E-state index contributed by atoms with van der Waals surface area (Å²) in [5.74, 6) is 0.746. The predicted molar refractivity (Wildman–Crippen MR) is 136 cm³/mol. The maximum Gasteiger partial charge on any atom is 0.197 e. The Hall–Kier alpha value is -4.58. The molecule has 2 heterocycles. The van der Waals surface area contributed by atoms with Gasteiger partial charge in [0.25, 0.3) is 0 Å². The van der Waals surface area contributed by atoms with Crippen LogP contribution >= 0.6 is 0 Å². The Morgan fingerprint density at radius 1 is 0.743 bits per heavy atom. The van der Waals surface area contributed by atoms with Crippen molar-refractivity contribution in [2.24, 2.45) is 7.05 Å². The van der Waals surface area contributed by atoms with E-state index in [9.17, 15) is 9.59 Å². The van der Waals surface area contributed by atoms with Gasteiger partial charge < -0.3 is 4.57 Å². The van der Waals surface area contributed by atoms with Gasteiger partial charge in [0, 0.05) is 29.4 Å². The summed E-state index contributed by atoms with van der Waals surface area (Å²) in [5.41, 5.74) is 6.17. The molecule has 0 saturated heterocycles. The lowest BCUT2D eigenvalue weighted by Gasteiger charge is -2.06. The lowest BCUT2D eigenvalue weighted by atomic mass is 10.0. The maximum absolute atomic E-state index is 13.2. The van der Waals surface area contributed by atoms with Crippen LogP contribution in [0.25, 0.3) is 34.4 Å². The highest BCUT2D eigenvalue weighted by molar-refractivity contribution is 6.41. The van der Waals surface area contributed by atoms with E-state index in [1.807, 2.05) is 90.7 Å². The molecule has 170 valence electrons. The van der Waals surface area contributed by atoms with Crippen molar-refractivity contribution >= 4 is 28.9 Å². The summed E-state index contributed by atoms with van der Waals surface area (Å²) in [4.78, 5) is 36.2. The van der Waals surface area contributed by atoms with Gasteiger partial charge in [-0.2, -0.15) is 0 Å². The lowest BCUT2D eigenvalue weighted by molar-refractivity contribution is 0.0990. The van der Waals surface area contributed by atoms with Crippen molar-refractivity contribution in [3.05, 3.63) is 106 Å². The molecular weight excluding hydrogens is 436 g/mol. The number of para-hydroxylation sites is 1. The second kappa shape index (κ2) is 7.74. The first kappa shape index (κ1) is 21.0. The maximum atomic E-state index is 13.2. The molecule has 0 atom stereocenters. The minimum Gasteiger partial charge on any atom is -0.310 e. The summed E-state index contributed by atoms with van der Waals surface area (Å²) >= 11 is 0. The molecule has 0 spiro atoms. The summed E-state index contributed by atoms with van der Waals surface area (Å²) < 4.78 is 3.83. The van der Waals surface area contributed by atoms with Gasteiger partial charge in [0.05, 0.1) is 5.57 Å². The Balaban J connectivity index is 1.57. The number of aryl methyl sites for hydroxylation is 3. The Labute approximate surface area is 202 Å². The lowest BCUT2D eigenvalue weighted by Crippen LogP contribution is -2.04. The van der Waals surface area contributed by atoms with E-state index in [4.69, 9.17) is 9.97 Å². The number of carbonyl (C=O) groups excluding carboxylic acids is 2. The van der Waals surface area contributed by atoms with Crippen LogP contribution < -0.4 is 0 Å². The molecule has 0 fully saturated rings. The normalized spacial score (nSPS) is 13.1. The molecule has 35 heavy (non-hydrogen) atoms. The predicted octanol–water partition coefficient (Wildman–Crippen LogP) is 5.51. The number of hydrogen-bond donors (Lipinski definition) is 0. The molecule has 6 nitrogen and oxygen atoms in total. The number of carbonyl (C=O) groups is 2. The molecular formula is C29H22N4O2. The van der Waals surface area contributed by atoms with Crippen molar-refractivity contribution < 1.29 is 9.59 Å². The molecule has 0 aliphatic heterocycles. The first-order valence-electron chi connectivity index (χ1n) is 11.4. The molecule has 1 aliphatic rings. The van der Waals surface area contributed by atoms with E-state index >= 15 is 0 Å². The van der Waals surface area contributed by atoms with Gasteiger partial charge in [-0.1, -0.05) is 48.5 Å². The van der Waals surface area contributed by atoms with Crippen molar-refractivity contribution in [1.29, 1.82) is 0 Å². The van der Waals surface area contributed by atoms with Crippen molar-refractivity contribution in [3.63, 3.8) is 0 Å². The number of imidazole rings is 2. The Morgan fingerprint density at radius 2 is 1.31 bits per heavy atom. The zero-order valence-electron chi connectivity index (χ0n) is 19.6. The third-order valence-electron chi connectivity index (χ3n) is 6.64. The Morgan fingerprint density at radius 3 is 1.91 bits per heavy atom. The molecule has 1 aliphatic carbocycles. The quantitative estimate of drug-likeness (QED) is 0.264. The summed E-state index contributed by atoms with van der Waals surface area (Å²) in [6, 6.07) is 23.3. The summed E-state index contributed by atoms with van der Waals surface area (Å²) in [7, 11) is 1.92. The van der Waals surface area contributed by atoms with Crippen LogP contribution in [0.1, 0.15) is 37.7 Å². The highest BCUT2D eigenvalue weighted by atomic mass is 16.2. The third-order valence-corrected chi connectivity index (χ3v) is 6.64. The fourth-order valence-corrected chi connectivity index (χ4v) is 4.64. The molecule has 6 rings (SSSR count). The fourth-order valence-electron chi connectivity index (χ4n) is 4.64. The van der Waals surface area contributed by atoms with Crippen LogP contribution in [0.2, 0.25) is 0 Å². The molecule has 0 unspecified atom stereocenters. The van der Waals surface area contributed by atoms with Gasteiger partial charge >= 0.3 is 0 Å². The average molecular weight is 459 g/mol. The minimum absolute atomic E-state index is 0.126. The van der Waals surface area contributed by atoms with E-state index in [-0.39, 0.29) is 17.1 Å². The van der Waals surface area contributed by atoms with Gasteiger partial charge in [0.15, 0.2) is 22.9 Å². The second-order valence-corrected chi connectivity index (χ2v) is 8.85. The summed E-state index contributed by atoms with van der Waals surface area (Å²) in [6.07, 6.45) is 1.60. The van der Waals surface area contributed by atoms with Crippen LogP contribution in [0.4, 0.5) is 0 Å². The molecule has 5 aromatic rings. The fraction of sp³-hybridized carbons (Fsp3) is 0.103. The highest BCUT2D eigenvalue weighted by Gasteiger charge is 2.34. The number of ketones is 2. The molecule has 0 bridgehead atoms. The van der Waals surface area contributed by atoms with Gasteiger partial charge in [0.2, 0.25) is 0 Å². The molecule has 0 radical (unpaired) electrons. The topological polar surface area (TPSA) is 69.8 Å². The molecule has 6 heteroatoms. The van der Waals surface area contributed by atoms with E-state index in [2.05, 4.69) is 0 Å². The number of hydrogen-bond acceptors (Lipinski definition) is 4. The van der Waals surface area contributed by atoms with E-state index < -0.39 is 0 Å². The van der Waals surface area contributed by atoms with Crippen molar-refractivity contribution in [2.45, 2.75) is 13.8 Å². The third kappa shape index (κ3) is 3.18. The van der Waals surface area contributed by atoms with Crippen molar-refractivity contribution in [2.75, 3.05) is 0 Å². The van der Waals surface area contributed by atoms with Crippen LogP contribution in [0.3, 0.4) is 0 Å². The Bertz CT molecular complexity index is 1650. The largest absolute Gasteiger partial charge is 0.310 e. The molecule has 0 N–H and O–H groups in total. The highest BCUT2D eigenvalue weighted by Crippen LogP contribution is 2.32. The average Bonchev–Trinajstić information content (AvgIpc) is 3.46. The standard InChI is InChI=1S/C29H22N4O2/c1-17-14-21-22(15-18(17)2)26(35)23(25(21)34)16-24-30-28-29(33(24)20-12-8-5-9-13-20)31-27(32(28)3)19-10-6-4-7-11-19/h4-16H,1-3H3. The van der Waals surface area contributed by atoms with Crippen LogP contribution in [0.5, 0.6) is 0 Å². The number of benzene rings is 3. The van der Waals surface area contributed by atoms with Crippen LogP contribution in [-0.4, -0.2) is 30.7 Å². The molecule has 2 aromatic heterocycles. The number of rotatable bonds is 3. The van der Waals surface area contributed by atoms with E-state index in [0.717, 1.165) is 28.2 Å². The SMILES string of the molecule is Cc1cc2c(cc1C)C(=O)C(=Cc1nc3c(nc(-c4ccccc4)n3C)n1-c1ccccc1)C2=O. The first-order valence-corrected chi connectivity index (χ1v) is 11.4. The zero-order chi connectivity index (χ0) is 24.3. The number of aromatic nitrogens is 4. The number of fused-ring (bicyclic) bond motifs is 2. The van der Waals surface area contributed by atoms with Crippen molar-refractivity contribution in [1.82, 2.24) is 19.1 Å². The van der Waals surface area contributed by atoms with Crippen LogP contribution in [0, 0.1) is 13.8 Å². The smallest absolute Gasteiger partial charge is 0.197 e. The number of Topliss-reactive ketones (excluding diaryl/α,β-unsaturated/α-hetero) is 2. The molecule has 3 aromatic carbocycles. The van der Waals surface area contributed by atoms with Crippen LogP contribution in [-0.2, 0) is 7.05 Å². The van der Waals surface area contributed by atoms with Gasteiger partial charge in [-0.3, -0.25) is 14.2 Å². The Kier molecular flexibility index (Phi) is 4.64. The van der Waals surface area contributed by atoms with Gasteiger partial charge in [0.1, 0.15) is 11.6 Å². The van der Waals surface area contributed by atoms with Crippen LogP contribution in [0.15, 0.2) is 78.4 Å². The monoisotopic (exact) mass is 458 g/mol. The number of allylic oxidation sites excluding steroid dienone is 1. The van der Waals surface area contributed by atoms with Gasteiger partial charge in [-0.25, -0.2) is 9.97 Å². The summed E-state index contributed by atoms with van der Waals surface area (Å²) in [5, 5.41) is 0. The first-order chi connectivity index (χ1) is 16.9. The van der Waals surface area contributed by atoms with E-state index in [0.29, 0.717) is 28.2 Å². The van der Waals surface area contributed by atoms with Crippen molar-refractivity contribution in [3.8, 4) is 17.1 Å². The van der Waals surface area contributed by atoms with E-state index in [1.165, 1.54) is 0 Å². The summed E-state index contributed by atoms with van der Waals surface area (Å²) in [6.45, 7) is 3.89. The minimum atomic E-state index is -0.266. The molecule has 0 amide bonds. The zero-order valence-corrected chi connectivity index (χ0v) is 19.6. The molecule has 0 saturated carbocycles. The van der Waals surface area contributed by atoms with Gasteiger partial charge in [-0.05, 0) is 55.3 Å². The van der Waals surface area contributed by atoms with E-state index in [1.54, 1.807) is 18.2 Å². The van der Waals surface area contributed by atoms with Gasteiger partial charge in [-0.15, -0.1) is 0 Å². The number of nitrogens with zero attached hydrogens (tertiary/aromatic N) is 4. The second-order valence-electron chi connectivity index (χ2n) is 8.85.